The van der Waals surface area contributed by atoms with E-state index in [-0.39, 0.29) is 0 Å². The summed E-state index contributed by atoms with van der Waals surface area (Å²) in [4.78, 5) is 0. The van der Waals surface area contributed by atoms with Crippen LogP contribution in [0.1, 0.15) is 43.4 Å². The van der Waals surface area contributed by atoms with Gasteiger partial charge in [-0.2, -0.15) is 0 Å². The molecule has 1 nitrogen and oxygen atoms in total. The lowest BCUT2D eigenvalue weighted by Crippen LogP contribution is -2.31. The summed E-state index contributed by atoms with van der Waals surface area (Å²) >= 11 is 0. The predicted octanol–water partition coefficient (Wildman–Crippen LogP) is 3.62. The molecule has 0 heterocycles. The minimum Gasteiger partial charge on any atom is -0.314 e. The first-order valence-electron chi connectivity index (χ1n) is 6.80. The van der Waals surface area contributed by atoms with Gasteiger partial charge >= 0.3 is 0 Å². The lowest BCUT2D eigenvalue weighted by molar-refractivity contribution is 0.429. The summed E-state index contributed by atoms with van der Waals surface area (Å²) in [5.41, 5.74) is 4.87. The highest BCUT2D eigenvalue weighted by Crippen LogP contribution is 2.48. The van der Waals surface area contributed by atoms with Crippen LogP contribution < -0.4 is 5.32 Å². The first-order valence-corrected chi connectivity index (χ1v) is 6.80. The van der Waals surface area contributed by atoms with Crippen molar-refractivity contribution in [2.24, 2.45) is 5.41 Å². The monoisotopic (exact) mass is 231 g/mol. The van der Waals surface area contributed by atoms with Crippen LogP contribution in [-0.4, -0.2) is 12.6 Å². The zero-order valence-corrected chi connectivity index (χ0v) is 11.6. The van der Waals surface area contributed by atoms with Crippen molar-refractivity contribution in [2.45, 2.75) is 53.0 Å². The van der Waals surface area contributed by atoms with Crippen LogP contribution in [0.4, 0.5) is 0 Å². The van der Waals surface area contributed by atoms with Gasteiger partial charge in [-0.15, -0.1) is 0 Å². The van der Waals surface area contributed by atoms with Crippen molar-refractivity contribution in [3.63, 3.8) is 0 Å². The van der Waals surface area contributed by atoms with Gasteiger partial charge in [0.1, 0.15) is 0 Å². The summed E-state index contributed by atoms with van der Waals surface area (Å²) in [5, 5.41) is 3.60. The molecule has 0 aromatic heterocycles. The van der Waals surface area contributed by atoms with E-state index in [4.69, 9.17) is 0 Å². The summed E-state index contributed by atoms with van der Waals surface area (Å²) in [7, 11) is 0. The molecule has 1 fully saturated rings. The first kappa shape index (κ1) is 12.6. The van der Waals surface area contributed by atoms with Gasteiger partial charge in [0.05, 0.1) is 0 Å². The maximum Gasteiger partial charge on any atom is 0.00134 e. The Kier molecular flexibility index (Phi) is 3.58. The van der Waals surface area contributed by atoms with Crippen LogP contribution in [-0.2, 0) is 6.42 Å². The van der Waals surface area contributed by atoms with Gasteiger partial charge in [-0.05, 0) is 44.1 Å². The number of hydrogen-bond donors (Lipinski definition) is 1. The van der Waals surface area contributed by atoms with E-state index in [2.05, 4.69) is 51.2 Å². The largest absolute Gasteiger partial charge is 0.314 e. The minimum atomic E-state index is 0.560. The van der Waals surface area contributed by atoms with E-state index < -0.39 is 0 Å². The number of nitrogens with one attached hydrogen (secondary N) is 1. The van der Waals surface area contributed by atoms with Gasteiger partial charge in [0.15, 0.2) is 0 Å². The zero-order valence-electron chi connectivity index (χ0n) is 11.6. The Morgan fingerprint density at radius 1 is 1.12 bits per heavy atom. The molecule has 17 heavy (non-hydrogen) atoms. The Bertz CT molecular complexity index is 368. The third-order valence-electron chi connectivity index (χ3n) is 3.70. The fourth-order valence-electron chi connectivity index (χ4n) is 2.62. The third-order valence-corrected chi connectivity index (χ3v) is 3.70. The molecular weight excluding hydrogens is 206 g/mol. The number of aryl methyl sites for hydroxylation is 2. The van der Waals surface area contributed by atoms with Gasteiger partial charge in [0.2, 0.25) is 0 Å². The van der Waals surface area contributed by atoms with E-state index in [1.807, 2.05) is 0 Å². The topological polar surface area (TPSA) is 12.0 Å². The van der Waals surface area contributed by atoms with Crippen molar-refractivity contribution in [1.82, 2.24) is 5.32 Å². The smallest absolute Gasteiger partial charge is 0.00134 e. The lowest BCUT2D eigenvalue weighted by Gasteiger charge is -2.18. The molecule has 0 aliphatic heterocycles. The average Bonchev–Trinajstić information content (AvgIpc) is 2.94. The number of hydrogen-bond acceptors (Lipinski definition) is 1. The van der Waals surface area contributed by atoms with Crippen molar-refractivity contribution in [2.75, 3.05) is 6.54 Å². The maximum absolute atomic E-state index is 3.60. The van der Waals surface area contributed by atoms with Crippen LogP contribution in [0.25, 0.3) is 0 Å². The molecule has 0 spiro atoms. The second-order valence-electron chi connectivity index (χ2n) is 6.21. The molecule has 1 heteroatoms. The summed E-state index contributed by atoms with van der Waals surface area (Å²) in [6.07, 6.45) is 4.02. The summed E-state index contributed by atoms with van der Waals surface area (Å²) in [6, 6.07) is 7.56. The second-order valence-corrected chi connectivity index (χ2v) is 6.21. The summed E-state index contributed by atoms with van der Waals surface area (Å²) in [6.45, 7) is 10.0. The Balaban J connectivity index is 2.00. The Hall–Kier alpha value is -0.820. The molecule has 94 valence electrons. The van der Waals surface area contributed by atoms with Crippen molar-refractivity contribution in [3.8, 4) is 0 Å². The normalized spacial score (nSPS) is 17.5. The molecule has 1 saturated carbocycles. The van der Waals surface area contributed by atoms with Gasteiger partial charge in [-0.25, -0.2) is 0 Å². The molecule has 1 aliphatic rings. The second kappa shape index (κ2) is 4.81. The molecule has 0 amide bonds. The fourth-order valence-corrected chi connectivity index (χ4v) is 2.62. The lowest BCUT2D eigenvalue weighted by atomic mass is 9.94. The quantitative estimate of drug-likeness (QED) is 0.816. The Labute approximate surface area is 106 Å². The molecule has 1 aromatic rings. The standard InChI is InChI=1S/C16H25N/c1-12(2)17-11-16(5-6-16)10-15-8-13(3)7-14(4)9-15/h7-9,12,17H,5-6,10-11H2,1-4H3. The van der Waals surface area contributed by atoms with Crippen LogP contribution in [0.3, 0.4) is 0 Å². The van der Waals surface area contributed by atoms with Gasteiger partial charge in [-0.1, -0.05) is 43.2 Å². The Morgan fingerprint density at radius 2 is 1.71 bits per heavy atom. The fraction of sp³-hybridized carbons (Fsp3) is 0.625. The van der Waals surface area contributed by atoms with E-state index in [1.54, 1.807) is 0 Å². The van der Waals surface area contributed by atoms with E-state index in [0.717, 1.165) is 0 Å². The predicted molar refractivity (Wildman–Crippen MR) is 74.4 cm³/mol. The van der Waals surface area contributed by atoms with Crippen molar-refractivity contribution < 1.29 is 0 Å². The van der Waals surface area contributed by atoms with Crippen LogP contribution in [0, 0.1) is 19.3 Å². The van der Waals surface area contributed by atoms with E-state index in [9.17, 15) is 0 Å². The van der Waals surface area contributed by atoms with Crippen molar-refractivity contribution in [3.05, 3.63) is 34.9 Å². The molecule has 0 saturated heterocycles. The molecule has 0 unspecified atom stereocenters. The van der Waals surface area contributed by atoms with Crippen molar-refractivity contribution in [1.29, 1.82) is 0 Å². The van der Waals surface area contributed by atoms with E-state index in [1.165, 1.54) is 42.5 Å². The highest BCUT2D eigenvalue weighted by Gasteiger charge is 2.42. The van der Waals surface area contributed by atoms with Crippen LogP contribution in [0.15, 0.2) is 18.2 Å². The number of benzene rings is 1. The zero-order chi connectivity index (χ0) is 12.5. The van der Waals surface area contributed by atoms with Gasteiger partial charge in [0.25, 0.3) is 0 Å². The number of rotatable bonds is 5. The van der Waals surface area contributed by atoms with Crippen molar-refractivity contribution >= 4 is 0 Å². The van der Waals surface area contributed by atoms with Crippen LogP contribution >= 0.6 is 0 Å². The first-order chi connectivity index (χ1) is 7.99. The van der Waals surface area contributed by atoms with Crippen LogP contribution in [0.5, 0.6) is 0 Å². The average molecular weight is 231 g/mol. The van der Waals surface area contributed by atoms with E-state index >= 15 is 0 Å². The molecule has 0 bridgehead atoms. The summed E-state index contributed by atoms with van der Waals surface area (Å²) < 4.78 is 0. The molecular formula is C16H25N. The highest BCUT2D eigenvalue weighted by molar-refractivity contribution is 5.30. The third kappa shape index (κ3) is 3.57. The minimum absolute atomic E-state index is 0.560. The molecule has 1 N–H and O–H groups in total. The van der Waals surface area contributed by atoms with Gasteiger partial charge < -0.3 is 5.32 Å². The van der Waals surface area contributed by atoms with Gasteiger partial charge in [0, 0.05) is 12.6 Å². The van der Waals surface area contributed by atoms with Crippen LogP contribution in [0.2, 0.25) is 0 Å². The highest BCUT2D eigenvalue weighted by atomic mass is 14.9. The molecule has 0 atom stereocenters. The molecule has 0 radical (unpaired) electrons. The maximum atomic E-state index is 3.60. The SMILES string of the molecule is Cc1cc(C)cc(CC2(CNC(C)C)CC2)c1. The molecule has 1 aromatic carbocycles. The summed E-state index contributed by atoms with van der Waals surface area (Å²) in [5.74, 6) is 0. The van der Waals surface area contributed by atoms with E-state index in [0.29, 0.717) is 11.5 Å². The van der Waals surface area contributed by atoms with Gasteiger partial charge in [-0.3, -0.25) is 0 Å². The molecule has 2 rings (SSSR count). The molecule has 1 aliphatic carbocycles. The Morgan fingerprint density at radius 3 is 2.18 bits per heavy atom.